The van der Waals surface area contributed by atoms with Crippen molar-refractivity contribution in [1.29, 1.82) is 0 Å². The van der Waals surface area contributed by atoms with Crippen LogP contribution >= 0.6 is 0 Å². The van der Waals surface area contributed by atoms with Crippen LogP contribution in [0, 0.1) is 5.41 Å². The van der Waals surface area contributed by atoms with E-state index in [2.05, 4.69) is 5.10 Å². The molecule has 0 aliphatic heterocycles. The third-order valence-electron chi connectivity index (χ3n) is 3.89. The molecule has 2 aromatic rings. The van der Waals surface area contributed by atoms with Crippen molar-refractivity contribution < 1.29 is 23.1 Å². The van der Waals surface area contributed by atoms with Gasteiger partial charge in [0.15, 0.2) is 0 Å². The van der Waals surface area contributed by atoms with Crippen LogP contribution in [-0.4, -0.2) is 20.9 Å². The predicted octanol–water partition coefficient (Wildman–Crippen LogP) is 5.30. The van der Waals surface area contributed by atoms with E-state index in [0.29, 0.717) is 12.1 Å². The second-order valence-corrected chi connectivity index (χ2v) is 7.83. The standard InChI is InChI=1S/C19H23F3N2O2/c1-11(2)16-15(17(25)26)13(10-18(3,4)5)23-24(16)14-9-7-6-8-12(14)19(20,21)22/h6-9,11H,10H2,1-5H3,(H,25,26). The Balaban J connectivity index is 2.83. The molecular weight excluding hydrogens is 345 g/mol. The molecule has 7 heteroatoms. The highest BCUT2D eigenvalue weighted by atomic mass is 19.4. The Hall–Kier alpha value is -2.31. The fourth-order valence-electron chi connectivity index (χ4n) is 2.95. The molecule has 0 aliphatic carbocycles. The molecule has 0 unspecified atom stereocenters. The number of rotatable bonds is 4. The molecule has 1 N–H and O–H groups in total. The van der Waals surface area contributed by atoms with Crippen molar-refractivity contribution in [2.75, 3.05) is 0 Å². The highest BCUT2D eigenvalue weighted by Crippen LogP contribution is 2.36. The Kier molecular flexibility index (Phi) is 5.21. The first-order chi connectivity index (χ1) is 11.8. The fraction of sp³-hybridized carbons (Fsp3) is 0.474. The predicted molar refractivity (Wildman–Crippen MR) is 92.8 cm³/mol. The number of hydrogen-bond acceptors (Lipinski definition) is 2. The number of nitrogens with zero attached hydrogens (tertiary/aromatic N) is 2. The van der Waals surface area contributed by atoms with Gasteiger partial charge < -0.3 is 5.11 Å². The lowest BCUT2D eigenvalue weighted by Crippen LogP contribution is -2.14. The Morgan fingerprint density at radius 3 is 2.23 bits per heavy atom. The summed E-state index contributed by atoms with van der Waals surface area (Å²) in [7, 11) is 0. The molecular formula is C19H23F3N2O2. The summed E-state index contributed by atoms with van der Waals surface area (Å²) in [6, 6.07) is 5.08. The quantitative estimate of drug-likeness (QED) is 0.797. The molecule has 0 saturated carbocycles. The summed E-state index contributed by atoms with van der Waals surface area (Å²) in [5, 5.41) is 14.0. The van der Waals surface area contributed by atoms with Gasteiger partial charge in [0.05, 0.1) is 22.6 Å². The average molecular weight is 368 g/mol. The minimum absolute atomic E-state index is 0.00750. The van der Waals surface area contributed by atoms with Gasteiger partial charge in [0.2, 0.25) is 0 Å². The van der Waals surface area contributed by atoms with E-state index in [1.807, 2.05) is 20.8 Å². The highest BCUT2D eigenvalue weighted by Gasteiger charge is 2.36. The lowest BCUT2D eigenvalue weighted by molar-refractivity contribution is -0.137. The average Bonchev–Trinajstić information content (AvgIpc) is 2.83. The summed E-state index contributed by atoms with van der Waals surface area (Å²) in [4.78, 5) is 11.9. The minimum atomic E-state index is -4.57. The van der Waals surface area contributed by atoms with Crippen LogP contribution in [0.4, 0.5) is 13.2 Å². The van der Waals surface area contributed by atoms with E-state index < -0.39 is 17.7 Å². The first kappa shape index (κ1) is 20.0. The largest absolute Gasteiger partial charge is 0.478 e. The van der Waals surface area contributed by atoms with Crippen LogP contribution in [0.1, 0.15) is 67.8 Å². The molecule has 2 rings (SSSR count). The van der Waals surface area contributed by atoms with E-state index in [-0.39, 0.29) is 28.3 Å². The third kappa shape index (κ3) is 4.08. The van der Waals surface area contributed by atoms with Gasteiger partial charge in [0.25, 0.3) is 0 Å². The molecule has 1 heterocycles. The first-order valence-corrected chi connectivity index (χ1v) is 8.34. The molecule has 0 amide bonds. The second kappa shape index (κ2) is 6.78. The number of alkyl halides is 3. The molecule has 0 atom stereocenters. The Labute approximate surface area is 150 Å². The lowest BCUT2D eigenvalue weighted by atomic mass is 9.88. The van der Waals surface area contributed by atoms with Gasteiger partial charge >= 0.3 is 12.1 Å². The van der Waals surface area contributed by atoms with Crippen LogP contribution in [-0.2, 0) is 12.6 Å². The Bertz CT molecular complexity index is 815. The van der Waals surface area contributed by atoms with Crippen molar-refractivity contribution in [3.63, 3.8) is 0 Å². The van der Waals surface area contributed by atoms with Gasteiger partial charge in [-0.25, -0.2) is 9.48 Å². The van der Waals surface area contributed by atoms with Gasteiger partial charge in [-0.1, -0.05) is 46.8 Å². The van der Waals surface area contributed by atoms with Crippen LogP contribution < -0.4 is 0 Å². The Morgan fingerprint density at radius 1 is 1.19 bits per heavy atom. The normalized spacial score (nSPS) is 12.7. The van der Waals surface area contributed by atoms with Gasteiger partial charge in [-0.3, -0.25) is 0 Å². The molecule has 1 aromatic carbocycles. The SMILES string of the molecule is CC(C)c1c(C(=O)O)c(CC(C)(C)C)nn1-c1ccccc1C(F)(F)F. The van der Waals surface area contributed by atoms with Gasteiger partial charge in [-0.2, -0.15) is 18.3 Å². The molecule has 142 valence electrons. The molecule has 26 heavy (non-hydrogen) atoms. The molecule has 0 saturated heterocycles. The van der Waals surface area contributed by atoms with Gasteiger partial charge in [0.1, 0.15) is 5.56 Å². The molecule has 0 spiro atoms. The number of carboxylic acid groups (broad SMARTS) is 1. The number of carbonyl (C=O) groups is 1. The maximum atomic E-state index is 13.4. The maximum Gasteiger partial charge on any atom is 0.418 e. The van der Waals surface area contributed by atoms with Gasteiger partial charge in [-0.15, -0.1) is 0 Å². The molecule has 1 aromatic heterocycles. The van der Waals surface area contributed by atoms with Crippen LogP contribution in [0.3, 0.4) is 0 Å². The molecule has 0 aliphatic rings. The number of halogens is 3. The van der Waals surface area contributed by atoms with Gasteiger partial charge in [-0.05, 0) is 29.9 Å². The van der Waals surface area contributed by atoms with Crippen LogP contribution in [0.25, 0.3) is 5.69 Å². The molecule has 4 nitrogen and oxygen atoms in total. The number of benzene rings is 1. The smallest absolute Gasteiger partial charge is 0.418 e. The Morgan fingerprint density at radius 2 is 1.77 bits per heavy atom. The zero-order chi connectivity index (χ0) is 19.9. The van der Waals surface area contributed by atoms with E-state index in [0.717, 1.165) is 10.7 Å². The monoisotopic (exact) mass is 368 g/mol. The molecule has 0 bridgehead atoms. The first-order valence-electron chi connectivity index (χ1n) is 8.34. The summed E-state index contributed by atoms with van der Waals surface area (Å²) in [5.74, 6) is -1.49. The van der Waals surface area contributed by atoms with Gasteiger partial charge in [0, 0.05) is 0 Å². The van der Waals surface area contributed by atoms with Crippen molar-refractivity contribution in [3.05, 3.63) is 46.8 Å². The maximum absolute atomic E-state index is 13.4. The fourth-order valence-corrected chi connectivity index (χ4v) is 2.95. The number of para-hydroxylation sites is 1. The number of carboxylic acids is 1. The topological polar surface area (TPSA) is 55.1 Å². The minimum Gasteiger partial charge on any atom is -0.478 e. The van der Waals surface area contributed by atoms with E-state index in [1.54, 1.807) is 13.8 Å². The summed E-state index contributed by atoms with van der Waals surface area (Å²) >= 11 is 0. The number of hydrogen-bond donors (Lipinski definition) is 1. The van der Waals surface area contributed by atoms with Crippen molar-refractivity contribution in [3.8, 4) is 5.69 Å². The summed E-state index contributed by atoms with van der Waals surface area (Å²) in [6.07, 6.45) is -4.22. The summed E-state index contributed by atoms with van der Waals surface area (Å²) in [6.45, 7) is 9.27. The van der Waals surface area contributed by atoms with Crippen molar-refractivity contribution in [2.45, 2.75) is 53.1 Å². The van der Waals surface area contributed by atoms with E-state index in [4.69, 9.17) is 0 Å². The van der Waals surface area contributed by atoms with E-state index in [9.17, 15) is 23.1 Å². The zero-order valence-electron chi connectivity index (χ0n) is 15.5. The number of aromatic nitrogens is 2. The van der Waals surface area contributed by atoms with Crippen molar-refractivity contribution >= 4 is 5.97 Å². The summed E-state index contributed by atoms with van der Waals surface area (Å²) < 4.78 is 41.5. The zero-order valence-corrected chi connectivity index (χ0v) is 15.5. The van der Waals surface area contributed by atoms with Crippen LogP contribution in [0.2, 0.25) is 0 Å². The number of aromatic carboxylic acids is 1. The van der Waals surface area contributed by atoms with Crippen molar-refractivity contribution in [2.24, 2.45) is 5.41 Å². The van der Waals surface area contributed by atoms with Crippen molar-refractivity contribution in [1.82, 2.24) is 9.78 Å². The molecule has 0 fully saturated rings. The van der Waals surface area contributed by atoms with E-state index >= 15 is 0 Å². The highest BCUT2D eigenvalue weighted by molar-refractivity contribution is 5.91. The van der Waals surface area contributed by atoms with E-state index in [1.165, 1.54) is 18.2 Å². The van der Waals surface area contributed by atoms with Crippen LogP contribution in [0.15, 0.2) is 24.3 Å². The second-order valence-electron chi connectivity index (χ2n) is 7.83. The summed E-state index contributed by atoms with van der Waals surface area (Å²) in [5.41, 5.74) is -0.706. The lowest BCUT2D eigenvalue weighted by Gasteiger charge is -2.16. The third-order valence-corrected chi connectivity index (χ3v) is 3.89. The van der Waals surface area contributed by atoms with Crippen LogP contribution in [0.5, 0.6) is 0 Å². The molecule has 0 radical (unpaired) electrons.